The minimum absolute atomic E-state index is 0.0259. The monoisotopic (exact) mass is 504 g/mol. The molecule has 0 bridgehead atoms. The van der Waals surface area contributed by atoms with Crippen LogP contribution in [0.2, 0.25) is 0 Å². The molecular formula is C18H32N8O9. The lowest BCUT2D eigenvalue weighted by atomic mass is 10.1. The van der Waals surface area contributed by atoms with E-state index in [4.69, 9.17) is 27.6 Å². The van der Waals surface area contributed by atoms with Crippen LogP contribution in [0.5, 0.6) is 0 Å². The summed E-state index contributed by atoms with van der Waals surface area (Å²) in [6, 6.07) is -5.25. The Hall–Kier alpha value is -3.99. The van der Waals surface area contributed by atoms with Crippen molar-refractivity contribution in [3.05, 3.63) is 0 Å². The zero-order valence-electron chi connectivity index (χ0n) is 19.3. The number of aliphatic imine (C=N–C) groups is 1. The van der Waals surface area contributed by atoms with Crippen molar-refractivity contribution in [2.24, 2.45) is 22.4 Å². The molecule has 0 heterocycles. The molecule has 0 saturated heterocycles. The summed E-state index contributed by atoms with van der Waals surface area (Å²) in [4.78, 5) is 79.0. The van der Waals surface area contributed by atoms with Crippen molar-refractivity contribution < 1.29 is 43.8 Å². The Labute approximate surface area is 200 Å². The van der Waals surface area contributed by atoms with E-state index in [1.165, 1.54) is 13.8 Å². The van der Waals surface area contributed by atoms with E-state index >= 15 is 0 Å². The lowest BCUT2D eigenvalue weighted by Gasteiger charge is -2.23. The van der Waals surface area contributed by atoms with Gasteiger partial charge < -0.3 is 42.9 Å². The van der Waals surface area contributed by atoms with Gasteiger partial charge in [-0.2, -0.15) is 0 Å². The van der Waals surface area contributed by atoms with Gasteiger partial charge in [0.25, 0.3) is 0 Å². The average molecular weight is 505 g/mol. The van der Waals surface area contributed by atoms with Crippen LogP contribution in [0, 0.1) is 0 Å². The van der Waals surface area contributed by atoms with Crippen LogP contribution in [0.1, 0.15) is 33.1 Å². The van der Waals surface area contributed by atoms with Gasteiger partial charge in [0, 0.05) is 6.54 Å². The molecular weight excluding hydrogens is 472 g/mol. The van der Waals surface area contributed by atoms with E-state index in [1.807, 2.05) is 0 Å². The standard InChI is InChI=1S/C18H32N8O9/c1-8(23-16(32)11(6-13(28)29)25-12(27)7-35-21)14(30)26-10(4-3-5-22-18(19)20)15(31)24-9(2)17(33)34/h8-11H,3-7,21H2,1-2H3,(H,23,32)(H,24,31)(H,25,27)(H,26,30)(H,28,29)(H,33,34)(H4,19,20,22)/t8-,9-,10-,11-/m0/s1. The van der Waals surface area contributed by atoms with E-state index < -0.39 is 72.8 Å². The molecule has 4 amide bonds. The first-order valence-electron chi connectivity index (χ1n) is 10.3. The Balaban J connectivity index is 5.29. The first-order valence-corrected chi connectivity index (χ1v) is 10.3. The van der Waals surface area contributed by atoms with Gasteiger partial charge in [-0.05, 0) is 26.7 Å². The molecule has 0 aliphatic carbocycles. The van der Waals surface area contributed by atoms with Crippen molar-refractivity contribution in [2.45, 2.75) is 57.3 Å². The zero-order valence-corrected chi connectivity index (χ0v) is 19.3. The molecule has 0 saturated carbocycles. The second-order valence-electron chi connectivity index (χ2n) is 7.34. The maximum atomic E-state index is 12.6. The first-order chi connectivity index (χ1) is 16.3. The number of guanidine groups is 1. The van der Waals surface area contributed by atoms with Crippen molar-refractivity contribution in [3.63, 3.8) is 0 Å². The number of aliphatic carboxylic acids is 2. The van der Waals surface area contributed by atoms with Gasteiger partial charge in [-0.3, -0.25) is 38.6 Å². The maximum absolute atomic E-state index is 12.6. The van der Waals surface area contributed by atoms with Gasteiger partial charge in [0.2, 0.25) is 23.6 Å². The maximum Gasteiger partial charge on any atom is 0.325 e. The SMILES string of the molecule is C[C@H](NC(=O)[C@H](CCCN=C(N)N)NC(=O)[C@H](C)NC(=O)[C@H](CC(=O)O)NC(=O)CON)C(=O)O. The van der Waals surface area contributed by atoms with E-state index in [0.717, 1.165) is 0 Å². The summed E-state index contributed by atoms with van der Waals surface area (Å²) in [5.41, 5.74) is 10.5. The number of carboxylic acids is 2. The van der Waals surface area contributed by atoms with Gasteiger partial charge in [0.05, 0.1) is 6.42 Å². The number of amides is 4. The predicted octanol–water partition coefficient (Wildman–Crippen LogP) is -4.53. The van der Waals surface area contributed by atoms with E-state index in [2.05, 4.69) is 31.1 Å². The normalized spacial score (nSPS) is 13.8. The summed E-state index contributed by atoms with van der Waals surface area (Å²) in [7, 11) is 0. The third-order valence-electron chi connectivity index (χ3n) is 4.30. The third-order valence-corrected chi connectivity index (χ3v) is 4.30. The average Bonchev–Trinajstić information content (AvgIpc) is 2.74. The smallest absolute Gasteiger partial charge is 0.325 e. The molecule has 17 nitrogen and oxygen atoms in total. The van der Waals surface area contributed by atoms with Crippen molar-refractivity contribution in [1.82, 2.24) is 21.3 Å². The van der Waals surface area contributed by atoms with Crippen LogP contribution < -0.4 is 38.6 Å². The molecule has 0 fully saturated rings. The lowest BCUT2D eigenvalue weighted by molar-refractivity contribution is -0.141. The van der Waals surface area contributed by atoms with E-state index in [9.17, 15) is 28.8 Å². The molecule has 0 aromatic carbocycles. The van der Waals surface area contributed by atoms with Gasteiger partial charge in [-0.15, -0.1) is 0 Å². The number of nitrogens with one attached hydrogen (secondary N) is 4. The number of hydrogen-bond donors (Lipinski definition) is 9. The Bertz CT molecular complexity index is 816. The third kappa shape index (κ3) is 13.3. The van der Waals surface area contributed by atoms with Crippen molar-refractivity contribution in [1.29, 1.82) is 0 Å². The first kappa shape index (κ1) is 31.0. The fourth-order valence-electron chi connectivity index (χ4n) is 2.52. The molecule has 198 valence electrons. The molecule has 0 rings (SSSR count). The quantitative estimate of drug-likeness (QED) is 0.0415. The van der Waals surface area contributed by atoms with Gasteiger partial charge in [0.15, 0.2) is 5.96 Å². The Kier molecular flexibility index (Phi) is 14.0. The summed E-state index contributed by atoms with van der Waals surface area (Å²) in [6.45, 7) is 1.98. The largest absolute Gasteiger partial charge is 0.481 e. The van der Waals surface area contributed by atoms with Crippen molar-refractivity contribution in [2.75, 3.05) is 13.2 Å². The highest BCUT2D eigenvalue weighted by atomic mass is 16.6. The number of carbonyl (C=O) groups excluding carboxylic acids is 4. The highest BCUT2D eigenvalue weighted by Gasteiger charge is 2.29. The summed E-state index contributed by atoms with van der Waals surface area (Å²) >= 11 is 0. The minimum Gasteiger partial charge on any atom is -0.481 e. The molecule has 0 aromatic heterocycles. The molecule has 17 heteroatoms. The van der Waals surface area contributed by atoms with Crippen molar-refractivity contribution in [3.8, 4) is 0 Å². The highest BCUT2D eigenvalue weighted by molar-refractivity contribution is 5.95. The van der Waals surface area contributed by atoms with Crippen LogP contribution in [0.3, 0.4) is 0 Å². The molecule has 0 spiro atoms. The fraction of sp³-hybridized carbons (Fsp3) is 0.611. The van der Waals surface area contributed by atoms with Crippen molar-refractivity contribution >= 4 is 41.5 Å². The number of nitrogens with zero attached hydrogens (tertiary/aromatic N) is 1. The van der Waals surface area contributed by atoms with Gasteiger partial charge in [-0.1, -0.05) is 0 Å². The summed E-state index contributed by atoms with van der Waals surface area (Å²) in [6.07, 6.45) is -0.522. The zero-order chi connectivity index (χ0) is 27.1. The van der Waals surface area contributed by atoms with Crippen LogP contribution in [-0.2, 0) is 33.6 Å². The molecule has 0 aliphatic rings. The second-order valence-corrected chi connectivity index (χ2v) is 7.34. The van der Waals surface area contributed by atoms with Crippen LogP contribution >= 0.6 is 0 Å². The molecule has 35 heavy (non-hydrogen) atoms. The Morgan fingerprint density at radius 1 is 0.857 bits per heavy atom. The summed E-state index contributed by atoms with van der Waals surface area (Å²) in [5, 5.41) is 26.9. The molecule has 0 aliphatic heterocycles. The topological polar surface area (TPSA) is 291 Å². The predicted molar refractivity (Wildman–Crippen MR) is 119 cm³/mol. The minimum atomic E-state index is -1.54. The molecule has 4 atom stereocenters. The Morgan fingerprint density at radius 2 is 1.43 bits per heavy atom. The highest BCUT2D eigenvalue weighted by Crippen LogP contribution is 2.02. The number of rotatable bonds is 16. The van der Waals surface area contributed by atoms with E-state index in [-0.39, 0.29) is 25.3 Å². The van der Waals surface area contributed by atoms with E-state index in [0.29, 0.717) is 0 Å². The molecule has 0 radical (unpaired) electrons. The number of carboxylic acid groups (broad SMARTS) is 2. The summed E-state index contributed by atoms with van der Waals surface area (Å²) < 4.78 is 0. The van der Waals surface area contributed by atoms with Gasteiger partial charge in [0.1, 0.15) is 30.8 Å². The van der Waals surface area contributed by atoms with Crippen LogP contribution in [0.25, 0.3) is 0 Å². The Morgan fingerprint density at radius 3 is 1.94 bits per heavy atom. The van der Waals surface area contributed by atoms with Crippen LogP contribution in [0.4, 0.5) is 0 Å². The number of hydrogen-bond acceptors (Lipinski definition) is 9. The molecule has 12 N–H and O–H groups in total. The van der Waals surface area contributed by atoms with Crippen LogP contribution in [-0.4, -0.2) is 89.1 Å². The summed E-state index contributed by atoms with van der Waals surface area (Å²) in [5.74, 6) is -1.60. The van der Waals surface area contributed by atoms with Crippen LogP contribution in [0.15, 0.2) is 4.99 Å². The lowest BCUT2D eigenvalue weighted by Crippen LogP contribution is -2.57. The second kappa shape index (κ2) is 15.8. The fourth-order valence-corrected chi connectivity index (χ4v) is 2.52. The van der Waals surface area contributed by atoms with E-state index in [1.54, 1.807) is 0 Å². The number of nitrogens with two attached hydrogens (primary N) is 3. The van der Waals surface area contributed by atoms with Gasteiger partial charge >= 0.3 is 11.9 Å². The number of carbonyl (C=O) groups is 6. The molecule has 0 unspecified atom stereocenters. The van der Waals surface area contributed by atoms with Gasteiger partial charge in [-0.25, -0.2) is 5.90 Å². The molecule has 0 aromatic rings.